The van der Waals surface area contributed by atoms with Crippen molar-refractivity contribution in [2.24, 2.45) is 11.5 Å². The Labute approximate surface area is 78.6 Å². The minimum absolute atomic E-state index is 0.895. The standard InChI is InChI=1S/C5H8Cl2N2O3/c6-1(2(7)4(9)10)3(8)5(11)12/h1-3H,8H2,(H2,9,10)(H,11,12). The van der Waals surface area contributed by atoms with E-state index in [-0.39, 0.29) is 0 Å². The maximum atomic E-state index is 10.4. The van der Waals surface area contributed by atoms with Crippen LogP contribution in [-0.4, -0.2) is 33.8 Å². The number of carbonyl (C=O) groups is 2. The quantitative estimate of drug-likeness (QED) is 0.528. The molecule has 0 rings (SSSR count). The molecule has 0 radical (unpaired) electrons. The van der Waals surface area contributed by atoms with Gasteiger partial charge >= 0.3 is 5.97 Å². The van der Waals surface area contributed by atoms with Gasteiger partial charge in [0.2, 0.25) is 5.91 Å². The second-order valence-electron chi connectivity index (χ2n) is 2.11. The van der Waals surface area contributed by atoms with Crippen molar-refractivity contribution in [2.75, 3.05) is 0 Å². The zero-order valence-electron chi connectivity index (χ0n) is 5.91. The van der Waals surface area contributed by atoms with E-state index in [2.05, 4.69) is 0 Å². The molecular formula is C5H8Cl2N2O3. The van der Waals surface area contributed by atoms with Crippen molar-refractivity contribution in [3.8, 4) is 0 Å². The molecule has 0 spiro atoms. The lowest BCUT2D eigenvalue weighted by molar-refractivity contribution is -0.138. The summed E-state index contributed by atoms with van der Waals surface area (Å²) in [7, 11) is 0. The molecular weight excluding hydrogens is 207 g/mol. The van der Waals surface area contributed by atoms with Crippen molar-refractivity contribution in [2.45, 2.75) is 16.8 Å². The molecule has 0 aliphatic rings. The van der Waals surface area contributed by atoms with E-state index < -0.39 is 28.7 Å². The number of carbonyl (C=O) groups excluding carboxylic acids is 1. The average molecular weight is 215 g/mol. The van der Waals surface area contributed by atoms with E-state index in [1.165, 1.54) is 0 Å². The topological polar surface area (TPSA) is 106 Å². The van der Waals surface area contributed by atoms with Gasteiger partial charge in [0, 0.05) is 0 Å². The van der Waals surface area contributed by atoms with E-state index in [1.54, 1.807) is 0 Å². The number of hydrogen-bond acceptors (Lipinski definition) is 3. The second-order valence-corrected chi connectivity index (χ2v) is 3.09. The highest BCUT2D eigenvalue weighted by molar-refractivity contribution is 6.38. The Hall–Kier alpha value is -0.520. The minimum Gasteiger partial charge on any atom is -0.480 e. The average Bonchev–Trinajstić information content (AvgIpc) is 2.00. The van der Waals surface area contributed by atoms with Crippen molar-refractivity contribution in [1.82, 2.24) is 0 Å². The number of primary amides is 1. The van der Waals surface area contributed by atoms with Gasteiger partial charge in [0.15, 0.2) is 0 Å². The summed E-state index contributed by atoms with van der Waals surface area (Å²) in [5.74, 6) is -2.23. The number of carboxylic acid groups (broad SMARTS) is 1. The smallest absolute Gasteiger partial charge is 0.322 e. The van der Waals surface area contributed by atoms with Crippen LogP contribution >= 0.6 is 23.2 Å². The van der Waals surface area contributed by atoms with E-state index in [0.29, 0.717) is 0 Å². The Morgan fingerprint density at radius 1 is 1.33 bits per heavy atom. The second kappa shape index (κ2) is 4.49. The lowest BCUT2D eigenvalue weighted by Gasteiger charge is -2.16. The maximum absolute atomic E-state index is 10.4. The van der Waals surface area contributed by atoms with Gasteiger partial charge in [-0.25, -0.2) is 0 Å². The Bertz CT molecular complexity index is 179. The zero-order chi connectivity index (χ0) is 9.89. The van der Waals surface area contributed by atoms with Crippen LogP contribution in [0.25, 0.3) is 0 Å². The molecule has 1 amide bonds. The number of carboxylic acids is 1. The molecule has 5 nitrogen and oxygen atoms in total. The summed E-state index contributed by atoms with van der Waals surface area (Å²) in [6.07, 6.45) is 0. The third kappa shape index (κ3) is 2.84. The predicted octanol–water partition coefficient (Wildman–Crippen LogP) is -0.902. The molecule has 7 heteroatoms. The van der Waals surface area contributed by atoms with Crippen molar-refractivity contribution in [1.29, 1.82) is 0 Å². The molecule has 70 valence electrons. The highest BCUT2D eigenvalue weighted by atomic mass is 35.5. The Kier molecular flexibility index (Phi) is 4.30. The van der Waals surface area contributed by atoms with Gasteiger partial charge in [0.25, 0.3) is 0 Å². The van der Waals surface area contributed by atoms with E-state index in [0.717, 1.165) is 0 Å². The van der Waals surface area contributed by atoms with Gasteiger partial charge < -0.3 is 16.6 Å². The van der Waals surface area contributed by atoms with Gasteiger partial charge in [-0.05, 0) is 0 Å². The molecule has 0 saturated heterocycles. The number of alkyl halides is 2. The number of halogens is 2. The van der Waals surface area contributed by atoms with Crippen molar-refractivity contribution < 1.29 is 14.7 Å². The molecule has 3 unspecified atom stereocenters. The summed E-state index contributed by atoms with van der Waals surface area (Å²) < 4.78 is 0. The Morgan fingerprint density at radius 2 is 1.75 bits per heavy atom. The SMILES string of the molecule is NC(=O)C(Cl)C(Cl)C(N)C(=O)O. The van der Waals surface area contributed by atoms with E-state index >= 15 is 0 Å². The van der Waals surface area contributed by atoms with Gasteiger partial charge in [-0.15, -0.1) is 23.2 Å². The number of rotatable bonds is 4. The summed E-state index contributed by atoms with van der Waals surface area (Å²) >= 11 is 10.8. The molecule has 12 heavy (non-hydrogen) atoms. The lowest BCUT2D eigenvalue weighted by Crippen LogP contribution is -2.47. The molecule has 3 atom stereocenters. The molecule has 0 fully saturated rings. The highest BCUT2D eigenvalue weighted by Crippen LogP contribution is 2.12. The fourth-order valence-electron chi connectivity index (χ4n) is 0.475. The van der Waals surface area contributed by atoms with E-state index in [9.17, 15) is 9.59 Å². The molecule has 0 aromatic heterocycles. The normalized spacial score (nSPS) is 17.9. The van der Waals surface area contributed by atoms with Crippen LogP contribution in [0.3, 0.4) is 0 Å². The summed E-state index contributed by atoms with van der Waals surface area (Å²) in [6, 6.07) is -1.40. The minimum atomic E-state index is -1.40. The third-order valence-corrected chi connectivity index (χ3v) is 2.32. The first-order chi connectivity index (χ1) is 5.37. The molecule has 5 N–H and O–H groups in total. The Balaban J connectivity index is 4.28. The van der Waals surface area contributed by atoms with Crippen LogP contribution in [0.1, 0.15) is 0 Å². The molecule has 0 aliphatic heterocycles. The summed E-state index contributed by atoms with van der Waals surface area (Å²) in [5.41, 5.74) is 9.85. The largest absolute Gasteiger partial charge is 0.480 e. The van der Waals surface area contributed by atoms with Crippen LogP contribution in [0.2, 0.25) is 0 Å². The highest BCUT2D eigenvalue weighted by Gasteiger charge is 2.31. The fourth-order valence-corrected chi connectivity index (χ4v) is 0.864. The van der Waals surface area contributed by atoms with Gasteiger partial charge in [-0.3, -0.25) is 9.59 Å². The number of aliphatic carboxylic acids is 1. The van der Waals surface area contributed by atoms with Gasteiger partial charge in [-0.1, -0.05) is 0 Å². The van der Waals surface area contributed by atoms with Crippen molar-refractivity contribution in [3.05, 3.63) is 0 Å². The molecule has 0 bridgehead atoms. The van der Waals surface area contributed by atoms with Crippen LogP contribution in [0.4, 0.5) is 0 Å². The van der Waals surface area contributed by atoms with Gasteiger partial charge in [-0.2, -0.15) is 0 Å². The predicted molar refractivity (Wildman–Crippen MR) is 44.1 cm³/mol. The van der Waals surface area contributed by atoms with Gasteiger partial charge in [0.1, 0.15) is 11.4 Å². The lowest BCUT2D eigenvalue weighted by atomic mass is 10.1. The van der Waals surface area contributed by atoms with Crippen LogP contribution in [0, 0.1) is 0 Å². The molecule has 0 saturated carbocycles. The number of hydrogen-bond donors (Lipinski definition) is 3. The van der Waals surface area contributed by atoms with Crippen LogP contribution in [-0.2, 0) is 9.59 Å². The number of nitrogens with two attached hydrogens (primary N) is 2. The van der Waals surface area contributed by atoms with Crippen molar-refractivity contribution in [3.63, 3.8) is 0 Å². The third-order valence-electron chi connectivity index (χ3n) is 1.18. The summed E-state index contributed by atoms with van der Waals surface area (Å²) in [5, 5.41) is 5.88. The first-order valence-corrected chi connectivity index (χ1v) is 3.81. The molecule has 0 heterocycles. The molecule has 0 aliphatic carbocycles. The maximum Gasteiger partial charge on any atom is 0.322 e. The first-order valence-electron chi connectivity index (χ1n) is 2.93. The van der Waals surface area contributed by atoms with Crippen LogP contribution < -0.4 is 11.5 Å². The van der Waals surface area contributed by atoms with Crippen LogP contribution in [0.5, 0.6) is 0 Å². The molecule has 0 aromatic carbocycles. The zero-order valence-corrected chi connectivity index (χ0v) is 7.42. The van der Waals surface area contributed by atoms with Gasteiger partial charge in [0.05, 0.1) is 5.38 Å². The fraction of sp³-hybridized carbons (Fsp3) is 0.600. The van der Waals surface area contributed by atoms with Crippen molar-refractivity contribution >= 4 is 35.1 Å². The number of amides is 1. The summed E-state index contributed by atoms with van der Waals surface area (Å²) in [6.45, 7) is 0. The molecule has 0 aromatic rings. The summed E-state index contributed by atoms with van der Waals surface area (Å²) in [4.78, 5) is 20.7. The van der Waals surface area contributed by atoms with E-state index in [4.69, 9.17) is 39.8 Å². The monoisotopic (exact) mass is 214 g/mol. The first kappa shape index (κ1) is 11.5. The van der Waals surface area contributed by atoms with Crippen LogP contribution in [0.15, 0.2) is 0 Å². The van der Waals surface area contributed by atoms with E-state index in [1.807, 2.05) is 0 Å². The Morgan fingerprint density at radius 3 is 2.00 bits per heavy atom.